The first kappa shape index (κ1) is 14.4. The van der Waals surface area contributed by atoms with E-state index < -0.39 is 5.60 Å². The fourth-order valence-corrected chi connectivity index (χ4v) is 3.23. The van der Waals surface area contributed by atoms with Crippen molar-refractivity contribution in [3.63, 3.8) is 0 Å². The van der Waals surface area contributed by atoms with Gasteiger partial charge in [-0.3, -0.25) is 4.79 Å². The summed E-state index contributed by atoms with van der Waals surface area (Å²) in [4.78, 5) is 16.1. The number of amides is 1. The number of hydrogen-bond acceptors (Lipinski definition) is 5. The second-order valence-electron chi connectivity index (χ2n) is 5.44. The summed E-state index contributed by atoms with van der Waals surface area (Å²) in [6, 6.07) is 7.51. The van der Waals surface area contributed by atoms with E-state index in [1.54, 1.807) is 0 Å². The van der Waals surface area contributed by atoms with Crippen molar-refractivity contribution in [2.75, 3.05) is 12.3 Å². The second kappa shape index (κ2) is 6.07. The number of aromatic nitrogens is 1. The third kappa shape index (κ3) is 3.57. The molecule has 5 nitrogen and oxygen atoms in total. The van der Waals surface area contributed by atoms with E-state index in [9.17, 15) is 9.90 Å². The summed E-state index contributed by atoms with van der Waals surface area (Å²) in [7, 11) is 0. The standard InChI is InChI=1S/C15H18N2O3S/c18-13(16-10-15(19)7-3-4-8-15)9-21-14-17-11-5-1-2-6-12(11)20-14/h1-2,5-6,19H,3-4,7-10H2,(H,16,18). The van der Waals surface area contributed by atoms with Crippen molar-refractivity contribution in [2.24, 2.45) is 0 Å². The van der Waals surface area contributed by atoms with E-state index in [2.05, 4.69) is 10.3 Å². The summed E-state index contributed by atoms with van der Waals surface area (Å²) in [6.45, 7) is 0.333. The molecule has 6 heteroatoms. The minimum atomic E-state index is -0.710. The predicted octanol–water partition coefficient (Wildman–Crippen LogP) is 2.34. The van der Waals surface area contributed by atoms with E-state index in [0.717, 1.165) is 36.8 Å². The lowest BCUT2D eigenvalue weighted by Gasteiger charge is -2.22. The molecule has 1 aromatic heterocycles. The highest BCUT2D eigenvalue weighted by molar-refractivity contribution is 7.99. The molecule has 2 aromatic rings. The lowest BCUT2D eigenvalue weighted by Crippen LogP contribution is -2.41. The maximum absolute atomic E-state index is 11.8. The number of oxazole rings is 1. The van der Waals surface area contributed by atoms with Gasteiger partial charge in [0.1, 0.15) is 5.52 Å². The fourth-order valence-electron chi connectivity index (χ4n) is 2.56. The molecule has 1 saturated carbocycles. The lowest BCUT2D eigenvalue weighted by molar-refractivity contribution is -0.119. The molecule has 1 amide bonds. The van der Waals surface area contributed by atoms with Crippen molar-refractivity contribution in [3.05, 3.63) is 24.3 Å². The van der Waals surface area contributed by atoms with Crippen molar-refractivity contribution in [2.45, 2.75) is 36.5 Å². The molecule has 0 unspecified atom stereocenters. The highest BCUT2D eigenvalue weighted by Crippen LogP contribution is 2.28. The number of thioether (sulfide) groups is 1. The quantitative estimate of drug-likeness (QED) is 0.829. The maximum atomic E-state index is 11.8. The van der Waals surface area contributed by atoms with Crippen LogP contribution in [0.25, 0.3) is 11.1 Å². The molecular formula is C15H18N2O3S. The molecule has 0 radical (unpaired) electrons. The van der Waals surface area contributed by atoms with Crippen LogP contribution in [0.15, 0.2) is 33.9 Å². The van der Waals surface area contributed by atoms with Crippen LogP contribution in [0.2, 0.25) is 0 Å². The van der Waals surface area contributed by atoms with Crippen LogP contribution in [-0.4, -0.2) is 33.9 Å². The first-order valence-electron chi connectivity index (χ1n) is 7.12. The molecule has 1 heterocycles. The first-order chi connectivity index (χ1) is 10.1. The first-order valence-corrected chi connectivity index (χ1v) is 8.11. The van der Waals surface area contributed by atoms with Gasteiger partial charge in [0.25, 0.3) is 5.22 Å². The summed E-state index contributed by atoms with van der Waals surface area (Å²) in [5.74, 6) is 0.130. The zero-order chi connectivity index (χ0) is 14.7. The minimum Gasteiger partial charge on any atom is -0.431 e. The van der Waals surface area contributed by atoms with Crippen molar-refractivity contribution < 1.29 is 14.3 Å². The monoisotopic (exact) mass is 306 g/mol. The number of rotatable bonds is 5. The summed E-state index contributed by atoms with van der Waals surface area (Å²) < 4.78 is 5.54. The Morgan fingerprint density at radius 2 is 2.14 bits per heavy atom. The van der Waals surface area contributed by atoms with Crippen LogP contribution in [0.3, 0.4) is 0 Å². The number of aliphatic hydroxyl groups is 1. The molecule has 0 saturated heterocycles. The van der Waals surface area contributed by atoms with Crippen LogP contribution in [0.1, 0.15) is 25.7 Å². The zero-order valence-corrected chi connectivity index (χ0v) is 12.5. The molecular weight excluding hydrogens is 288 g/mol. The molecule has 1 fully saturated rings. The SMILES string of the molecule is O=C(CSc1nc2ccccc2o1)NCC1(O)CCCC1. The topological polar surface area (TPSA) is 75.4 Å². The molecule has 1 aliphatic rings. The van der Waals surface area contributed by atoms with Crippen LogP contribution in [0.5, 0.6) is 0 Å². The van der Waals surface area contributed by atoms with Crippen molar-refractivity contribution in [3.8, 4) is 0 Å². The normalized spacial score (nSPS) is 17.2. The van der Waals surface area contributed by atoms with Gasteiger partial charge in [-0.2, -0.15) is 0 Å². The van der Waals surface area contributed by atoms with E-state index in [1.807, 2.05) is 24.3 Å². The number of benzene rings is 1. The molecule has 21 heavy (non-hydrogen) atoms. The number of nitrogens with zero attached hydrogens (tertiary/aromatic N) is 1. The Morgan fingerprint density at radius 3 is 2.90 bits per heavy atom. The van der Waals surface area contributed by atoms with Gasteiger partial charge >= 0.3 is 0 Å². The molecule has 0 aliphatic heterocycles. The highest BCUT2D eigenvalue weighted by atomic mass is 32.2. The van der Waals surface area contributed by atoms with Crippen molar-refractivity contribution in [1.29, 1.82) is 0 Å². The average Bonchev–Trinajstić information content (AvgIpc) is 3.09. The van der Waals surface area contributed by atoms with E-state index in [1.165, 1.54) is 11.8 Å². The Kier molecular flexibility index (Phi) is 4.17. The smallest absolute Gasteiger partial charge is 0.257 e. The van der Waals surface area contributed by atoms with Gasteiger partial charge in [-0.25, -0.2) is 4.98 Å². The lowest BCUT2D eigenvalue weighted by atomic mass is 10.0. The number of fused-ring (bicyclic) bond motifs is 1. The molecule has 1 aromatic carbocycles. The summed E-state index contributed by atoms with van der Waals surface area (Å²) in [5, 5.41) is 13.4. The van der Waals surface area contributed by atoms with E-state index in [-0.39, 0.29) is 11.7 Å². The molecule has 0 atom stereocenters. The largest absolute Gasteiger partial charge is 0.431 e. The van der Waals surface area contributed by atoms with Crippen LogP contribution in [0.4, 0.5) is 0 Å². The van der Waals surface area contributed by atoms with Crippen molar-refractivity contribution in [1.82, 2.24) is 10.3 Å². The Labute approximate surface area is 127 Å². The Bertz CT molecular complexity index is 602. The predicted molar refractivity (Wildman–Crippen MR) is 81.2 cm³/mol. The Morgan fingerprint density at radius 1 is 1.38 bits per heavy atom. The summed E-state index contributed by atoms with van der Waals surface area (Å²) in [6.07, 6.45) is 3.60. The molecule has 2 N–H and O–H groups in total. The number of nitrogens with one attached hydrogen (secondary N) is 1. The van der Waals surface area contributed by atoms with Crippen LogP contribution < -0.4 is 5.32 Å². The number of para-hydroxylation sites is 2. The number of hydrogen-bond donors (Lipinski definition) is 2. The summed E-state index contributed by atoms with van der Waals surface area (Å²) in [5.41, 5.74) is 0.805. The van der Waals surface area contributed by atoms with Gasteiger partial charge in [-0.05, 0) is 25.0 Å². The van der Waals surface area contributed by atoms with Gasteiger partial charge < -0.3 is 14.8 Å². The highest BCUT2D eigenvalue weighted by Gasteiger charge is 2.31. The van der Waals surface area contributed by atoms with Gasteiger partial charge in [0, 0.05) is 6.54 Å². The number of carbonyl (C=O) groups excluding carboxylic acids is 1. The third-order valence-electron chi connectivity index (χ3n) is 3.75. The molecule has 112 valence electrons. The van der Waals surface area contributed by atoms with E-state index in [0.29, 0.717) is 11.8 Å². The molecule has 3 rings (SSSR count). The zero-order valence-electron chi connectivity index (χ0n) is 11.7. The minimum absolute atomic E-state index is 0.109. The van der Waals surface area contributed by atoms with Gasteiger partial charge in [-0.15, -0.1) is 0 Å². The van der Waals surface area contributed by atoms with E-state index >= 15 is 0 Å². The fraction of sp³-hybridized carbons (Fsp3) is 0.467. The van der Waals surface area contributed by atoms with Gasteiger partial charge in [0.15, 0.2) is 5.58 Å². The molecule has 0 spiro atoms. The van der Waals surface area contributed by atoms with Crippen LogP contribution >= 0.6 is 11.8 Å². The molecule has 0 bridgehead atoms. The summed E-state index contributed by atoms with van der Waals surface area (Å²) >= 11 is 1.26. The van der Waals surface area contributed by atoms with E-state index in [4.69, 9.17) is 4.42 Å². The van der Waals surface area contributed by atoms with Gasteiger partial charge in [0.05, 0.1) is 11.4 Å². The van der Waals surface area contributed by atoms with Gasteiger partial charge in [-0.1, -0.05) is 36.7 Å². The van der Waals surface area contributed by atoms with Gasteiger partial charge in [0.2, 0.25) is 5.91 Å². The maximum Gasteiger partial charge on any atom is 0.257 e. The Balaban J connectivity index is 1.49. The third-order valence-corrected chi connectivity index (χ3v) is 4.58. The number of carbonyl (C=O) groups is 1. The van der Waals surface area contributed by atoms with Crippen molar-refractivity contribution >= 4 is 28.8 Å². The second-order valence-corrected chi connectivity index (χ2v) is 6.37. The molecule has 1 aliphatic carbocycles. The average molecular weight is 306 g/mol. The Hall–Kier alpha value is -1.53. The van der Waals surface area contributed by atoms with Crippen LogP contribution in [-0.2, 0) is 4.79 Å². The van der Waals surface area contributed by atoms with Crippen LogP contribution in [0, 0.1) is 0 Å².